The van der Waals surface area contributed by atoms with Gasteiger partial charge in [0.15, 0.2) is 0 Å². The van der Waals surface area contributed by atoms with Gasteiger partial charge in [-0.2, -0.15) is 0 Å². The summed E-state index contributed by atoms with van der Waals surface area (Å²) in [5.74, 6) is 0.112. The van der Waals surface area contributed by atoms with E-state index in [4.69, 9.17) is 11.6 Å². The Balaban J connectivity index is 1.80. The maximum atomic E-state index is 12.7. The third kappa shape index (κ3) is 4.63. The van der Waals surface area contributed by atoms with Crippen molar-refractivity contribution >= 4 is 29.1 Å². The van der Waals surface area contributed by atoms with Gasteiger partial charge in [-0.1, -0.05) is 48.0 Å². The Labute approximate surface area is 163 Å². The van der Waals surface area contributed by atoms with Gasteiger partial charge in [0, 0.05) is 16.4 Å². The van der Waals surface area contributed by atoms with Crippen molar-refractivity contribution in [1.82, 2.24) is 15.3 Å². The number of rotatable bonds is 5. The monoisotopic (exact) mass is 380 g/mol. The average molecular weight is 381 g/mol. The number of carbonyl (C=O) groups is 1. The zero-order chi connectivity index (χ0) is 19.4. The minimum Gasteiger partial charge on any atom is -0.344 e. The van der Waals surface area contributed by atoms with Crippen LogP contribution in [0.2, 0.25) is 5.02 Å². The Morgan fingerprint density at radius 2 is 1.78 bits per heavy atom. The van der Waals surface area contributed by atoms with Crippen LogP contribution < -0.4 is 10.6 Å². The van der Waals surface area contributed by atoms with Gasteiger partial charge < -0.3 is 10.6 Å². The van der Waals surface area contributed by atoms with E-state index >= 15 is 0 Å². The lowest BCUT2D eigenvalue weighted by Gasteiger charge is -2.15. The minimum absolute atomic E-state index is 0.124. The van der Waals surface area contributed by atoms with Crippen LogP contribution in [0.25, 0.3) is 0 Å². The van der Waals surface area contributed by atoms with E-state index in [0.29, 0.717) is 22.4 Å². The topological polar surface area (TPSA) is 66.9 Å². The van der Waals surface area contributed by atoms with Gasteiger partial charge in [-0.3, -0.25) is 4.79 Å². The fourth-order valence-corrected chi connectivity index (χ4v) is 2.87. The molecule has 1 amide bonds. The summed E-state index contributed by atoms with van der Waals surface area (Å²) < 4.78 is 0. The SMILES string of the molecule is Cc1cc(C(=O)NC(C)c2ccccc2)nc(Nc2cccc(Cl)c2C)n1. The standard InChI is InChI=1S/C21H21ClN4O/c1-13-12-19(20(27)24-15(3)16-8-5-4-6-9-16)26-21(23-13)25-18-11-7-10-17(22)14(18)2/h4-12,15H,1-3H3,(H,24,27)(H,23,25,26). The molecule has 0 fully saturated rings. The van der Waals surface area contributed by atoms with Crippen LogP contribution in [0.3, 0.4) is 0 Å². The van der Waals surface area contributed by atoms with Crippen LogP contribution in [0, 0.1) is 13.8 Å². The third-order valence-electron chi connectivity index (χ3n) is 4.25. The van der Waals surface area contributed by atoms with E-state index in [1.165, 1.54) is 0 Å². The van der Waals surface area contributed by atoms with Crippen LogP contribution in [0.15, 0.2) is 54.6 Å². The number of aryl methyl sites for hydroxylation is 1. The van der Waals surface area contributed by atoms with Gasteiger partial charge in [-0.25, -0.2) is 9.97 Å². The van der Waals surface area contributed by atoms with Gasteiger partial charge in [0.25, 0.3) is 5.91 Å². The first kappa shape index (κ1) is 18.9. The van der Waals surface area contributed by atoms with Crippen LogP contribution >= 0.6 is 11.6 Å². The number of aromatic nitrogens is 2. The van der Waals surface area contributed by atoms with E-state index in [0.717, 1.165) is 16.8 Å². The first-order chi connectivity index (χ1) is 12.9. The summed E-state index contributed by atoms with van der Waals surface area (Å²) in [5.41, 5.74) is 3.74. The molecule has 0 aliphatic heterocycles. The van der Waals surface area contributed by atoms with E-state index in [1.807, 2.05) is 69.3 Å². The summed E-state index contributed by atoms with van der Waals surface area (Å²) in [4.78, 5) is 21.4. The summed E-state index contributed by atoms with van der Waals surface area (Å²) in [5, 5.41) is 6.78. The molecule has 0 spiro atoms. The number of benzene rings is 2. The number of anilines is 2. The number of hydrogen-bond donors (Lipinski definition) is 2. The molecule has 5 nitrogen and oxygen atoms in total. The first-order valence-corrected chi connectivity index (χ1v) is 9.05. The largest absolute Gasteiger partial charge is 0.344 e. The fourth-order valence-electron chi connectivity index (χ4n) is 2.70. The molecule has 1 atom stereocenters. The summed E-state index contributed by atoms with van der Waals surface area (Å²) in [6.45, 7) is 5.68. The van der Waals surface area contributed by atoms with Gasteiger partial charge in [0.1, 0.15) is 5.69 Å². The van der Waals surface area contributed by atoms with Crippen LogP contribution in [0.1, 0.15) is 40.3 Å². The van der Waals surface area contributed by atoms with Gasteiger partial charge in [0.05, 0.1) is 6.04 Å². The molecule has 0 bridgehead atoms. The van der Waals surface area contributed by atoms with Crippen molar-refractivity contribution in [2.75, 3.05) is 5.32 Å². The Hall–Kier alpha value is -2.92. The van der Waals surface area contributed by atoms with E-state index < -0.39 is 0 Å². The molecule has 0 saturated carbocycles. The van der Waals surface area contributed by atoms with Crippen LogP contribution in [0.5, 0.6) is 0 Å². The molecule has 0 saturated heterocycles. The molecule has 0 aliphatic carbocycles. The first-order valence-electron chi connectivity index (χ1n) is 8.67. The number of nitrogens with one attached hydrogen (secondary N) is 2. The van der Waals surface area contributed by atoms with E-state index in [1.54, 1.807) is 6.07 Å². The van der Waals surface area contributed by atoms with Crippen LogP contribution in [-0.2, 0) is 0 Å². The second kappa shape index (κ2) is 8.18. The second-order valence-corrected chi connectivity index (χ2v) is 6.77. The number of nitrogens with zero attached hydrogens (tertiary/aromatic N) is 2. The molecule has 3 rings (SSSR count). The lowest BCUT2D eigenvalue weighted by atomic mass is 10.1. The highest BCUT2D eigenvalue weighted by molar-refractivity contribution is 6.31. The molecule has 2 aromatic carbocycles. The Bertz CT molecular complexity index is 960. The predicted molar refractivity (Wildman–Crippen MR) is 109 cm³/mol. The molecule has 3 aromatic rings. The van der Waals surface area contributed by atoms with Gasteiger partial charge in [-0.05, 0) is 50.1 Å². The van der Waals surface area contributed by atoms with E-state index in [9.17, 15) is 4.79 Å². The highest BCUT2D eigenvalue weighted by Crippen LogP contribution is 2.25. The molecule has 27 heavy (non-hydrogen) atoms. The van der Waals surface area contributed by atoms with Gasteiger partial charge in [-0.15, -0.1) is 0 Å². The van der Waals surface area contributed by atoms with Crippen molar-refractivity contribution in [2.24, 2.45) is 0 Å². The van der Waals surface area contributed by atoms with Crippen molar-refractivity contribution in [3.8, 4) is 0 Å². The Kier molecular flexibility index (Phi) is 5.72. The normalized spacial score (nSPS) is 11.7. The van der Waals surface area contributed by atoms with Crippen molar-refractivity contribution < 1.29 is 4.79 Å². The van der Waals surface area contributed by atoms with Crippen molar-refractivity contribution in [3.05, 3.63) is 82.1 Å². The number of halogens is 1. The highest BCUT2D eigenvalue weighted by atomic mass is 35.5. The van der Waals surface area contributed by atoms with E-state index in [2.05, 4.69) is 20.6 Å². The molecule has 1 aromatic heterocycles. The molecule has 6 heteroatoms. The third-order valence-corrected chi connectivity index (χ3v) is 4.66. The lowest BCUT2D eigenvalue weighted by molar-refractivity contribution is 0.0934. The molecule has 2 N–H and O–H groups in total. The fraction of sp³-hybridized carbons (Fsp3) is 0.190. The van der Waals surface area contributed by atoms with Crippen molar-refractivity contribution in [2.45, 2.75) is 26.8 Å². The van der Waals surface area contributed by atoms with Crippen LogP contribution in [-0.4, -0.2) is 15.9 Å². The Morgan fingerprint density at radius 1 is 1.04 bits per heavy atom. The maximum absolute atomic E-state index is 12.7. The van der Waals surface area contributed by atoms with Gasteiger partial charge >= 0.3 is 0 Å². The molecule has 0 aliphatic rings. The van der Waals surface area contributed by atoms with Crippen molar-refractivity contribution in [3.63, 3.8) is 0 Å². The molecular formula is C21H21ClN4O. The molecule has 1 unspecified atom stereocenters. The quantitative estimate of drug-likeness (QED) is 0.655. The average Bonchev–Trinajstić information content (AvgIpc) is 2.65. The highest BCUT2D eigenvalue weighted by Gasteiger charge is 2.15. The molecule has 1 heterocycles. The number of carbonyl (C=O) groups excluding carboxylic acids is 1. The van der Waals surface area contributed by atoms with Crippen LogP contribution in [0.4, 0.5) is 11.6 Å². The smallest absolute Gasteiger partial charge is 0.270 e. The zero-order valence-corrected chi connectivity index (χ0v) is 16.2. The maximum Gasteiger partial charge on any atom is 0.270 e. The lowest BCUT2D eigenvalue weighted by Crippen LogP contribution is -2.27. The summed E-state index contributed by atoms with van der Waals surface area (Å²) in [7, 11) is 0. The summed E-state index contributed by atoms with van der Waals surface area (Å²) >= 11 is 6.16. The molecular weight excluding hydrogens is 360 g/mol. The van der Waals surface area contributed by atoms with Gasteiger partial charge in [0.2, 0.25) is 5.95 Å². The second-order valence-electron chi connectivity index (χ2n) is 6.36. The minimum atomic E-state index is -0.247. The number of hydrogen-bond acceptors (Lipinski definition) is 4. The molecule has 138 valence electrons. The van der Waals surface area contributed by atoms with E-state index in [-0.39, 0.29) is 11.9 Å². The van der Waals surface area contributed by atoms with Crippen molar-refractivity contribution in [1.29, 1.82) is 0 Å². The molecule has 0 radical (unpaired) electrons. The predicted octanol–water partition coefficient (Wildman–Crippen LogP) is 4.98. The summed E-state index contributed by atoms with van der Waals surface area (Å²) in [6, 6.07) is 16.9. The number of amides is 1. The summed E-state index contributed by atoms with van der Waals surface area (Å²) in [6.07, 6.45) is 0. The zero-order valence-electron chi connectivity index (χ0n) is 15.5. The Morgan fingerprint density at radius 3 is 2.52 bits per heavy atom.